The van der Waals surface area contributed by atoms with Gasteiger partial charge in [0.05, 0.1) is 11.0 Å². The van der Waals surface area contributed by atoms with Crippen LogP contribution in [0.25, 0.3) is 0 Å². The molecule has 1 atom stereocenters. The van der Waals surface area contributed by atoms with Crippen molar-refractivity contribution in [1.29, 1.82) is 0 Å². The third-order valence-corrected chi connectivity index (χ3v) is 4.64. The van der Waals surface area contributed by atoms with Crippen molar-refractivity contribution in [2.24, 2.45) is 5.92 Å². The van der Waals surface area contributed by atoms with Crippen molar-refractivity contribution < 1.29 is 13.5 Å². The van der Waals surface area contributed by atoms with Crippen LogP contribution in [0.15, 0.2) is 27.6 Å². The van der Waals surface area contributed by atoms with Crippen molar-refractivity contribution in [2.75, 3.05) is 12.3 Å². The predicted octanol–water partition coefficient (Wildman–Crippen LogP) is 1.33. The van der Waals surface area contributed by atoms with Crippen LogP contribution in [0.5, 0.6) is 0 Å². The molecule has 7 heteroatoms. The van der Waals surface area contributed by atoms with E-state index in [2.05, 4.69) is 20.7 Å². The van der Waals surface area contributed by atoms with Crippen molar-refractivity contribution in [3.8, 4) is 0 Å². The molecule has 0 amide bonds. The molecule has 4 N–H and O–H groups in total. The van der Waals surface area contributed by atoms with E-state index in [1.165, 1.54) is 18.2 Å². The van der Waals surface area contributed by atoms with Crippen LogP contribution in [0.4, 0.5) is 5.69 Å². The molecule has 0 radical (unpaired) electrons. The number of sulfonamides is 1. The van der Waals surface area contributed by atoms with Gasteiger partial charge in [-0.15, -0.1) is 0 Å². The summed E-state index contributed by atoms with van der Waals surface area (Å²) in [4.78, 5) is 0.111. The van der Waals surface area contributed by atoms with E-state index in [1.807, 2.05) is 13.8 Å². The fraction of sp³-hybridized carbons (Fsp3) is 0.455. The quantitative estimate of drug-likeness (QED) is 0.707. The summed E-state index contributed by atoms with van der Waals surface area (Å²) in [6.45, 7) is 3.62. The lowest BCUT2D eigenvalue weighted by Gasteiger charge is -2.15. The maximum Gasteiger partial charge on any atom is 0.240 e. The first-order chi connectivity index (χ1) is 8.24. The van der Waals surface area contributed by atoms with Crippen molar-refractivity contribution in [3.05, 3.63) is 22.7 Å². The van der Waals surface area contributed by atoms with Gasteiger partial charge >= 0.3 is 0 Å². The molecule has 102 valence electrons. The van der Waals surface area contributed by atoms with E-state index in [1.54, 1.807) is 0 Å². The lowest BCUT2D eigenvalue weighted by Crippen LogP contribution is -2.34. The Balaban J connectivity index is 2.83. The molecule has 0 aliphatic carbocycles. The van der Waals surface area contributed by atoms with Gasteiger partial charge in [0.1, 0.15) is 0 Å². The van der Waals surface area contributed by atoms with E-state index in [-0.39, 0.29) is 17.4 Å². The molecule has 0 aliphatic rings. The average molecular weight is 337 g/mol. The number of nitrogens with two attached hydrogens (primary N) is 1. The number of hydrogen-bond donors (Lipinski definition) is 3. The zero-order chi connectivity index (χ0) is 13.9. The Hall–Kier alpha value is -0.630. The third-order valence-electron chi connectivity index (χ3n) is 2.53. The number of rotatable bonds is 5. The SMILES string of the molecule is CC(C)C(O)CNS(=O)(=O)c1ccc(N)c(Br)c1. The second kappa shape index (κ2) is 6.01. The van der Waals surface area contributed by atoms with Crippen molar-refractivity contribution >= 4 is 31.6 Å². The highest BCUT2D eigenvalue weighted by atomic mass is 79.9. The van der Waals surface area contributed by atoms with E-state index in [0.717, 1.165) is 0 Å². The molecule has 0 bridgehead atoms. The van der Waals surface area contributed by atoms with Gasteiger partial charge in [-0.3, -0.25) is 0 Å². The second-order valence-electron chi connectivity index (χ2n) is 4.35. The first kappa shape index (κ1) is 15.4. The van der Waals surface area contributed by atoms with Gasteiger partial charge in [-0.25, -0.2) is 13.1 Å². The zero-order valence-electron chi connectivity index (χ0n) is 10.2. The summed E-state index contributed by atoms with van der Waals surface area (Å²) in [7, 11) is -3.62. The van der Waals surface area contributed by atoms with Crippen molar-refractivity contribution in [3.63, 3.8) is 0 Å². The predicted molar refractivity (Wildman–Crippen MR) is 74.6 cm³/mol. The Morgan fingerprint density at radius 1 is 1.44 bits per heavy atom. The van der Waals surface area contributed by atoms with Crippen LogP contribution in [0.3, 0.4) is 0 Å². The molecule has 1 rings (SSSR count). The van der Waals surface area contributed by atoms with Crippen LogP contribution in [-0.2, 0) is 10.0 Å². The largest absolute Gasteiger partial charge is 0.398 e. The summed E-state index contributed by atoms with van der Waals surface area (Å²) in [6.07, 6.45) is -0.711. The zero-order valence-corrected chi connectivity index (χ0v) is 12.6. The van der Waals surface area contributed by atoms with Gasteiger partial charge in [0.2, 0.25) is 10.0 Å². The van der Waals surface area contributed by atoms with Crippen LogP contribution in [0.2, 0.25) is 0 Å². The molecule has 1 aromatic carbocycles. The van der Waals surface area contributed by atoms with E-state index in [4.69, 9.17) is 5.73 Å². The maximum atomic E-state index is 11.9. The summed E-state index contributed by atoms with van der Waals surface area (Å²) in [5, 5.41) is 9.58. The molecule has 0 saturated heterocycles. The maximum absolute atomic E-state index is 11.9. The highest BCUT2D eigenvalue weighted by Crippen LogP contribution is 2.22. The Bertz CT molecular complexity index is 517. The third kappa shape index (κ3) is 3.94. The van der Waals surface area contributed by atoms with E-state index >= 15 is 0 Å². The highest BCUT2D eigenvalue weighted by molar-refractivity contribution is 9.10. The Morgan fingerprint density at radius 3 is 2.56 bits per heavy atom. The molecular weight excluding hydrogens is 320 g/mol. The van der Waals surface area contributed by atoms with Gasteiger partial charge in [0, 0.05) is 16.7 Å². The molecule has 18 heavy (non-hydrogen) atoms. The van der Waals surface area contributed by atoms with Gasteiger partial charge < -0.3 is 10.8 Å². The molecule has 1 aromatic rings. The fourth-order valence-corrected chi connectivity index (χ4v) is 2.80. The molecule has 0 heterocycles. The standard InChI is InChI=1S/C11H17BrN2O3S/c1-7(2)11(15)6-14-18(16,17)8-3-4-10(13)9(12)5-8/h3-5,7,11,14-15H,6,13H2,1-2H3. The molecular formula is C11H17BrN2O3S. The van der Waals surface area contributed by atoms with Crippen LogP contribution < -0.4 is 10.5 Å². The van der Waals surface area contributed by atoms with Crippen LogP contribution >= 0.6 is 15.9 Å². The summed E-state index contributed by atoms with van der Waals surface area (Å²) >= 11 is 3.18. The second-order valence-corrected chi connectivity index (χ2v) is 6.97. The van der Waals surface area contributed by atoms with Crippen molar-refractivity contribution in [2.45, 2.75) is 24.8 Å². The van der Waals surface area contributed by atoms with Crippen LogP contribution in [0.1, 0.15) is 13.8 Å². The highest BCUT2D eigenvalue weighted by Gasteiger charge is 2.18. The molecule has 0 fully saturated rings. The minimum atomic E-state index is -3.62. The first-order valence-corrected chi connectivity index (χ1v) is 7.74. The van der Waals surface area contributed by atoms with E-state index < -0.39 is 16.1 Å². The number of anilines is 1. The van der Waals surface area contributed by atoms with Gasteiger partial charge in [-0.2, -0.15) is 0 Å². The number of nitrogen functional groups attached to an aromatic ring is 1. The van der Waals surface area contributed by atoms with Crippen LogP contribution in [0, 0.1) is 5.92 Å². The average Bonchev–Trinajstić information content (AvgIpc) is 2.29. The summed E-state index contributed by atoms with van der Waals surface area (Å²) in [5.41, 5.74) is 6.06. The number of halogens is 1. The van der Waals surface area contributed by atoms with E-state index in [0.29, 0.717) is 10.2 Å². The Morgan fingerprint density at radius 2 is 2.06 bits per heavy atom. The van der Waals surface area contributed by atoms with Gasteiger partial charge in [0.25, 0.3) is 0 Å². The Labute approximate surface area is 116 Å². The topological polar surface area (TPSA) is 92.4 Å². The number of aliphatic hydroxyl groups excluding tert-OH is 1. The number of aliphatic hydroxyl groups is 1. The number of hydrogen-bond acceptors (Lipinski definition) is 4. The molecule has 1 unspecified atom stereocenters. The summed E-state index contributed by atoms with van der Waals surface area (Å²) in [6, 6.07) is 4.36. The lowest BCUT2D eigenvalue weighted by atomic mass is 10.1. The molecule has 0 spiro atoms. The van der Waals surface area contributed by atoms with Gasteiger partial charge in [-0.05, 0) is 40.0 Å². The minimum absolute atomic E-state index is 0.00847. The molecule has 5 nitrogen and oxygen atoms in total. The Kier molecular flexibility index (Phi) is 5.15. The number of nitrogens with one attached hydrogen (secondary N) is 1. The lowest BCUT2D eigenvalue weighted by molar-refractivity contribution is 0.129. The number of benzene rings is 1. The fourth-order valence-electron chi connectivity index (χ4n) is 1.19. The minimum Gasteiger partial charge on any atom is -0.398 e. The van der Waals surface area contributed by atoms with Gasteiger partial charge in [-0.1, -0.05) is 13.8 Å². The monoisotopic (exact) mass is 336 g/mol. The normalized spacial score (nSPS) is 13.8. The molecule has 0 aromatic heterocycles. The smallest absolute Gasteiger partial charge is 0.240 e. The molecule has 0 aliphatic heterocycles. The summed E-state index contributed by atoms with van der Waals surface area (Å²) < 4.78 is 26.8. The molecule has 0 saturated carbocycles. The van der Waals surface area contributed by atoms with Gasteiger partial charge in [0.15, 0.2) is 0 Å². The van der Waals surface area contributed by atoms with Crippen LogP contribution in [-0.4, -0.2) is 26.2 Å². The summed E-state index contributed by atoms with van der Waals surface area (Å²) in [5.74, 6) is -0.00847. The first-order valence-electron chi connectivity index (χ1n) is 5.47. The van der Waals surface area contributed by atoms with Crippen molar-refractivity contribution in [1.82, 2.24) is 4.72 Å². The van der Waals surface area contributed by atoms with E-state index in [9.17, 15) is 13.5 Å².